The fourth-order valence-corrected chi connectivity index (χ4v) is 8.91. The summed E-state index contributed by atoms with van der Waals surface area (Å²) in [6, 6.07) is 62.4. The average molecular weight is 751 g/mol. The molecule has 0 atom stereocenters. The molecule has 0 aromatic heterocycles. The molecule has 9 rings (SSSR count). The first-order chi connectivity index (χ1) is 27.6. The Morgan fingerprint density at radius 1 is 0.259 bits per heavy atom. The Kier molecular flexibility index (Phi) is 8.97. The second-order valence-corrected chi connectivity index (χ2v) is 19.4. The van der Waals surface area contributed by atoms with Gasteiger partial charge in [-0.25, -0.2) is 0 Å². The number of benzene rings is 9. The van der Waals surface area contributed by atoms with Gasteiger partial charge in [-0.3, -0.25) is 0 Å². The van der Waals surface area contributed by atoms with Crippen molar-refractivity contribution in [2.75, 3.05) is 0 Å². The van der Waals surface area contributed by atoms with Crippen molar-refractivity contribution in [1.29, 1.82) is 0 Å². The molecule has 0 radical (unpaired) electrons. The highest BCUT2D eigenvalue weighted by molar-refractivity contribution is 6.26. The van der Waals surface area contributed by atoms with E-state index in [0.29, 0.717) is 0 Å². The van der Waals surface area contributed by atoms with Crippen LogP contribution in [0.2, 0.25) is 0 Å². The standard InChI is InChI=1S/C58H54/c1-56(2,3)43-27-20-37(21-28-43)40-18-19-42-36-53(46-33-26-41(35-52(46)51(42)34-40)38-22-29-44(30-23-38)57(4,5)6)55-49-16-12-10-14-47(49)54(48-15-11-13-17-50(48)55)39-24-31-45(32-25-39)58(7,8)9/h10-36H,1-9H3. The van der Waals surface area contributed by atoms with Gasteiger partial charge in [-0.15, -0.1) is 0 Å². The molecule has 0 nitrogen and oxygen atoms in total. The quantitative estimate of drug-likeness (QED) is 0.124. The Bertz CT molecular complexity index is 2930. The molecule has 0 aliphatic heterocycles. The number of fused-ring (bicyclic) bond motifs is 5. The molecule has 0 aliphatic rings. The van der Waals surface area contributed by atoms with Gasteiger partial charge in [0.15, 0.2) is 0 Å². The van der Waals surface area contributed by atoms with Gasteiger partial charge in [0.2, 0.25) is 0 Å². The summed E-state index contributed by atoms with van der Waals surface area (Å²) in [5.41, 5.74) is 14.4. The summed E-state index contributed by atoms with van der Waals surface area (Å²) in [5.74, 6) is 0. The van der Waals surface area contributed by atoms with Crippen molar-refractivity contribution in [3.63, 3.8) is 0 Å². The van der Waals surface area contributed by atoms with Crippen molar-refractivity contribution in [3.05, 3.63) is 180 Å². The highest BCUT2D eigenvalue weighted by atomic mass is 14.2. The molecule has 58 heavy (non-hydrogen) atoms. The van der Waals surface area contributed by atoms with Crippen molar-refractivity contribution >= 4 is 43.1 Å². The van der Waals surface area contributed by atoms with E-state index in [1.165, 1.54) is 104 Å². The van der Waals surface area contributed by atoms with Gasteiger partial charge in [0.05, 0.1) is 0 Å². The minimum absolute atomic E-state index is 0.0943. The molecule has 0 bridgehead atoms. The summed E-state index contributed by atoms with van der Waals surface area (Å²) in [7, 11) is 0. The minimum Gasteiger partial charge on any atom is -0.0616 e. The molecule has 9 aromatic rings. The molecule has 0 heteroatoms. The van der Waals surface area contributed by atoms with Gasteiger partial charge < -0.3 is 0 Å². The summed E-state index contributed by atoms with van der Waals surface area (Å²) in [5, 5.41) is 10.1. The van der Waals surface area contributed by atoms with Gasteiger partial charge in [0, 0.05) is 0 Å². The Morgan fingerprint density at radius 2 is 0.621 bits per heavy atom. The molecule has 0 fully saturated rings. The van der Waals surface area contributed by atoms with E-state index in [2.05, 4.69) is 226 Å². The molecule has 0 heterocycles. The summed E-state index contributed by atoms with van der Waals surface area (Å²) in [6.07, 6.45) is 0. The zero-order chi connectivity index (χ0) is 40.6. The fourth-order valence-electron chi connectivity index (χ4n) is 8.91. The lowest BCUT2D eigenvalue weighted by Crippen LogP contribution is -2.10. The van der Waals surface area contributed by atoms with Gasteiger partial charge in [-0.2, -0.15) is 0 Å². The maximum Gasteiger partial charge on any atom is -0.00199 e. The van der Waals surface area contributed by atoms with Crippen molar-refractivity contribution in [3.8, 4) is 44.5 Å². The number of hydrogen-bond acceptors (Lipinski definition) is 0. The topological polar surface area (TPSA) is 0 Å². The Morgan fingerprint density at radius 3 is 1.05 bits per heavy atom. The van der Waals surface area contributed by atoms with Gasteiger partial charge in [0.25, 0.3) is 0 Å². The third-order valence-electron chi connectivity index (χ3n) is 12.4. The van der Waals surface area contributed by atoms with Gasteiger partial charge in [-0.1, -0.05) is 208 Å². The summed E-state index contributed by atoms with van der Waals surface area (Å²) >= 11 is 0. The molecular formula is C58H54. The van der Waals surface area contributed by atoms with E-state index in [0.717, 1.165) is 0 Å². The molecule has 9 aromatic carbocycles. The molecule has 286 valence electrons. The van der Waals surface area contributed by atoms with Crippen LogP contribution in [0.1, 0.15) is 79.0 Å². The van der Waals surface area contributed by atoms with E-state index < -0.39 is 0 Å². The minimum atomic E-state index is 0.0943. The lowest BCUT2D eigenvalue weighted by Gasteiger charge is -2.22. The highest BCUT2D eigenvalue weighted by Crippen LogP contribution is 2.47. The van der Waals surface area contributed by atoms with Crippen LogP contribution in [0.4, 0.5) is 0 Å². The molecule has 0 amide bonds. The lowest BCUT2D eigenvalue weighted by atomic mass is 9.82. The average Bonchev–Trinajstić information content (AvgIpc) is 3.21. The smallest absolute Gasteiger partial charge is 0.00199 e. The predicted molar refractivity (Wildman–Crippen MR) is 254 cm³/mol. The first-order valence-corrected chi connectivity index (χ1v) is 20.9. The van der Waals surface area contributed by atoms with Crippen molar-refractivity contribution in [1.82, 2.24) is 0 Å². The third kappa shape index (κ3) is 6.69. The van der Waals surface area contributed by atoms with Crippen LogP contribution < -0.4 is 0 Å². The van der Waals surface area contributed by atoms with Crippen LogP contribution in [0.15, 0.2) is 164 Å². The SMILES string of the molecule is CC(C)(C)c1ccc(-c2ccc3cc(-c4c5ccccc5c(-c5ccc(C(C)(C)C)cc5)c5ccccc45)c4ccc(-c5ccc(C(C)(C)C)cc5)cc4c3c2)cc1. The van der Waals surface area contributed by atoms with Crippen LogP contribution in [0, 0.1) is 0 Å². The summed E-state index contributed by atoms with van der Waals surface area (Å²) < 4.78 is 0. The zero-order valence-electron chi connectivity index (χ0n) is 35.6. The van der Waals surface area contributed by atoms with Crippen molar-refractivity contribution in [2.24, 2.45) is 0 Å². The van der Waals surface area contributed by atoms with E-state index in [1.807, 2.05) is 0 Å². The molecule has 0 spiro atoms. The normalized spacial score (nSPS) is 12.6. The van der Waals surface area contributed by atoms with Gasteiger partial charge in [-0.05, 0) is 139 Å². The van der Waals surface area contributed by atoms with E-state index in [1.54, 1.807) is 0 Å². The van der Waals surface area contributed by atoms with Crippen LogP contribution >= 0.6 is 0 Å². The monoisotopic (exact) mass is 750 g/mol. The lowest BCUT2D eigenvalue weighted by molar-refractivity contribution is 0.590. The van der Waals surface area contributed by atoms with Crippen molar-refractivity contribution in [2.45, 2.75) is 78.6 Å². The van der Waals surface area contributed by atoms with E-state index in [4.69, 9.17) is 0 Å². The van der Waals surface area contributed by atoms with Gasteiger partial charge in [0.1, 0.15) is 0 Å². The second-order valence-electron chi connectivity index (χ2n) is 19.4. The zero-order valence-corrected chi connectivity index (χ0v) is 35.6. The largest absolute Gasteiger partial charge is 0.0616 e. The number of rotatable bonds is 4. The van der Waals surface area contributed by atoms with Crippen LogP contribution in [0.3, 0.4) is 0 Å². The Hall–Kier alpha value is -5.98. The summed E-state index contributed by atoms with van der Waals surface area (Å²) in [4.78, 5) is 0. The molecule has 0 unspecified atom stereocenters. The predicted octanol–water partition coefficient (Wildman–Crippen LogP) is 16.9. The highest BCUT2D eigenvalue weighted by Gasteiger charge is 2.21. The van der Waals surface area contributed by atoms with Crippen LogP contribution in [0.25, 0.3) is 87.6 Å². The maximum absolute atomic E-state index is 2.45. The molecule has 0 aliphatic carbocycles. The second kappa shape index (κ2) is 13.8. The summed E-state index contributed by atoms with van der Waals surface area (Å²) in [6.45, 7) is 20.5. The first kappa shape index (κ1) is 37.6. The molecular weight excluding hydrogens is 697 g/mol. The Balaban J connectivity index is 1.32. The third-order valence-corrected chi connectivity index (χ3v) is 12.4. The van der Waals surface area contributed by atoms with Crippen LogP contribution in [-0.2, 0) is 16.2 Å². The van der Waals surface area contributed by atoms with E-state index >= 15 is 0 Å². The molecule has 0 saturated heterocycles. The van der Waals surface area contributed by atoms with Crippen LogP contribution in [0.5, 0.6) is 0 Å². The fraction of sp³-hybridized carbons (Fsp3) is 0.207. The molecule has 0 N–H and O–H groups in total. The van der Waals surface area contributed by atoms with E-state index in [9.17, 15) is 0 Å². The number of hydrogen-bond donors (Lipinski definition) is 0. The first-order valence-electron chi connectivity index (χ1n) is 20.9. The van der Waals surface area contributed by atoms with E-state index in [-0.39, 0.29) is 16.2 Å². The van der Waals surface area contributed by atoms with Gasteiger partial charge >= 0.3 is 0 Å². The van der Waals surface area contributed by atoms with Crippen LogP contribution in [-0.4, -0.2) is 0 Å². The van der Waals surface area contributed by atoms with Crippen molar-refractivity contribution < 1.29 is 0 Å². The Labute approximate surface area is 345 Å². The molecule has 0 saturated carbocycles. The maximum atomic E-state index is 2.45.